The highest BCUT2D eigenvalue weighted by Crippen LogP contribution is 2.35. The normalized spacial score (nSPS) is 12.2. The number of carbonyl (C=O) groups is 1. The van der Waals surface area contributed by atoms with Gasteiger partial charge in [0.2, 0.25) is 5.91 Å². The second-order valence-electron chi connectivity index (χ2n) is 8.73. The maximum atomic E-state index is 12.8. The monoisotopic (exact) mass is 461 g/mol. The molecule has 1 heterocycles. The van der Waals surface area contributed by atoms with Crippen LogP contribution in [-0.4, -0.2) is 21.0 Å². The van der Waals surface area contributed by atoms with Crippen LogP contribution in [0.4, 0.5) is 5.82 Å². The smallest absolute Gasteiger partial charge is 0.225 e. The molecule has 174 valence electrons. The van der Waals surface area contributed by atoms with Gasteiger partial charge in [0.05, 0.1) is 11.4 Å². The Morgan fingerprint density at radius 3 is 2.49 bits per heavy atom. The van der Waals surface area contributed by atoms with Crippen molar-refractivity contribution in [1.29, 1.82) is 0 Å². The third-order valence-electron chi connectivity index (χ3n) is 6.17. The summed E-state index contributed by atoms with van der Waals surface area (Å²) in [6.07, 6.45) is 7.39. The molecule has 0 atom stereocenters. The summed E-state index contributed by atoms with van der Waals surface area (Å²) in [5.74, 6) is 0.678. The van der Waals surface area contributed by atoms with E-state index in [0.29, 0.717) is 24.4 Å². The number of hydrogen-bond acceptors (Lipinski definition) is 4. The lowest BCUT2D eigenvalue weighted by Gasteiger charge is -2.20. The van der Waals surface area contributed by atoms with Gasteiger partial charge in [0, 0.05) is 12.0 Å². The highest BCUT2D eigenvalue weighted by Gasteiger charge is 2.22. The largest absolute Gasteiger partial charge is 0.508 e. The highest BCUT2D eigenvalue weighted by molar-refractivity contribution is 5.92. The van der Waals surface area contributed by atoms with Crippen LogP contribution in [-0.2, 0) is 24.1 Å². The molecule has 0 saturated heterocycles. The summed E-state index contributed by atoms with van der Waals surface area (Å²) in [5, 5.41) is 12.9. The average molecular weight is 462 g/mol. The molecule has 0 aliphatic heterocycles. The zero-order valence-electron chi connectivity index (χ0n) is 19.4. The SMILES string of the molecule is O=C(CCCc1ccccc1)Nc1nc2c(nc1/C=C/c1ccccc1)-c1ccc(O)cc1CC2. The van der Waals surface area contributed by atoms with E-state index in [9.17, 15) is 9.90 Å². The lowest BCUT2D eigenvalue weighted by molar-refractivity contribution is -0.116. The number of phenolic OH excluding ortho intramolecular Hbond substituents is 1. The Labute approximate surface area is 205 Å². The summed E-state index contributed by atoms with van der Waals surface area (Å²) in [5.41, 5.74) is 6.59. The van der Waals surface area contributed by atoms with Crippen LogP contribution in [0.2, 0.25) is 0 Å². The first-order valence-electron chi connectivity index (χ1n) is 12.0. The number of phenols is 1. The molecule has 1 aromatic heterocycles. The van der Waals surface area contributed by atoms with Crippen LogP contribution in [0.15, 0.2) is 78.9 Å². The molecule has 0 radical (unpaired) electrons. The number of aromatic hydroxyl groups is 1. The van der Waals surface area contributed by atoms with Crippen LogP contribution in [0.1, 0.15) is 40.9 Å². The molecular formula is C30H27N3O2. The minimum absolute atomic E-state index is 0.0642. The van der Waals surface area contributed by atoms with Gasteiger partial charge in [0.15, 0.2) is 5.82 Å². The number of nitrogens with zero attached hydrogens (tertiary/aromatic N) is 2. The van der Waals surface area contributed by atoms with Gasteiger partial charge in [-0.1, -0.05) is 66.7 Å². The Morgan fingerprint density at radius 1 is 0.914 bits per heavy atom. The van der Waals surface area contributed by atoms with E-state index in [1.165, 1.54) is 5.56 Å². The summed E-state index contributed by atoms with van der Waals surface area (Å²) in [7, 11) is 0. The van der Waals surface area contributed by atoms with Gasteiger partial charge in [-0.25, -0.2) is 9.97 Å². The number of benzene rings is 3. The van der Waals surface area contributed by atoms with E-state index < -0.39 is 0 Å². The minimum atomic E-state index is -0.0642. The lowest BCUT2D eigenvalue weighted by atomic mass is 9.91. The van der Waals surface area contributed by atoms with Crippen molar-refractivity contribution in [2.45, 2.75) is 32.1 Å². The molecule has 4 aromatic rings. The Bertz CT molecular complexity index is 1370. The number of hydrogen-bond donors (Lipinski definition) is 2. The molecule has 1 aliphatic carbocycles. The van der Waals surface area contributed by atoms with E-state index in [1.54, 1.807) is 12.1 Å². The van der Waals surface area contributed by atoms with E-state index in [-0.39, 0.29) is 11.7 Å². The van der Waals surface area contributed by atoms with Crippen molar-refractivity contribution in [2.75, 3.05) is 5.32 Å². The van der Waals surface area contributed by atoms with Crippen LogP contribution < -0.4 is 5.32 Å². The first-order chi connectivity index (χ1) is 17.2. The number of anilines is 1. The number of carbonyl (C=O) groups excluding carboxylic acids is 1. The molecule has 1 aliphatic rings. The van der Waals surface area contributed by atoms with Crippen LogP contribution >= 0.6 is 0 Å². The Balaban J connectivity index is 1.41. The number of aromatic nitrogens is 2. The first kappa shape index (κ1) is 22.5. The Hall–Kier alpha value is -4.25. The van der Waals surface area contributed by atoms with Crippen molar-refractivity contribution in [2.24, 2.45) is 0 Å². The van der Waals surface area contributed by atoms with Crippen molar-refractivity contribution in [1.82, 2.24) is 9.97 Å². The van der Waals surface area contributed by atoms with E-state index >= 15 is 0 Å². The van der Waals surface area contributed by atoms with E-state index in [1.807, 2.05) is 66.7 Å². The van der Waals surface area contributed by atoms with Crippen molar-refractivity contribution < 1.29 is 9.90 Å². The molecular weight excluding hydrogens is 434 g/mol. The van der Waals surface area contributed by atoms with Crippen LogP contribution in [0.25, 0.3) is 23.4 Å². The maximum absolute atomic E-state index is 12.8. The second kappa shape index (κ2) is 10.3. The van der Waals surface area contributed by atoms with E-state index in [4.69, 9.17) is 9.97 Å². The maximum Gasteiger partial charge on any atom is 0.225 e. The van der Waals surface area contributed by atoms with Gasteiger partial charge in [-0.05, 0) is 66.6 Å². The molecule has 5 nitrogen and oxygen atoms in total. The molecule has 35 heavy (non-hydrogen) atoms. The van der Waals surface area contributed by atoms with Gasteiger partial charge in [0.25, 0.3) is 0 Å². The molecule has 0 bridgehead atoms. The van der Waals surface area contributed by atoms with E-state index in [0.717, 1.165) is 47.3 Å². The molecule has 2 N–H and O–H groups in total. The fraction of sp³-hybridized carbons (Fsp3) is 0.167. The molecule has 3 aromatic carbocycles. The van der Waals surface area contributed by atoms with Crippen molar-refractivity contribution in [3.8, 4) is 17.0 Å². The van der Waals surface area contributed by atoms with Gasteiger partial charge >= 0.3 is 0 Å². The van der Waals surface area contributed by atoms with Crippen molar-refractivity contribution in [3.05, 3.63) is 107 Å². The van der Waals surface area contributed by atoms with Crippen molar-refractivity contribution in [3.63, 3.8) is 0 Å². The summed E-state index contributed by atoms with van der Waals surface area (Å²) in [6, 6.07) is 25.5. The fourth-order valence-corrected chi connectivity index (χ4v) is 4.38. The third kappa shape index (κ3) is 5.46. The third-order valence-corrected chi connectivity index (χ3v) is 6.17. The minimum Gasteiger partial charge on any atom is -0.508 e. The van der Waals surface area contributed by atoms with Gasteiger partial charge < -0.3 is 10.4 Å². The summed E-state index contributed by atoms with van der Waals surface area (Å²) >= 11 is 0. The predicted octanol–water partition coefficient (Wildman–Crippen LogP) is 6.08. The standard InChI is InChI=1S/C30H27N3O2/c34-24-16-17-25-23(20-24)15-19-26-29(25)31-27(18-14-22-10-5-2-6-11-22)30(32-26)33-28(35)13-7-12-21-8-3-1-4-9-21/h1-6,8-11,14,16-18,20,34H,7,12-13,15,19H2,(H,32,33,35)/b18-14+. The average Bonchev–Trinajstić information content (AvgIpc) is 2.88. The number of nitrogens with one attached hydrogen (secondary N) is 1. The van der Waals surface area contributed by atoms with Gasteiger partial charge in [-0.3, -0.25) is 4.79 Å². The van der Waals surface area contributed by atoms with Gasteiger partial charge in [-0.2, -0.15) is 0 Å². The first-order valence-corrected chi connectivity index (χ1v) is 12.0. The topological polar surface area (TPSA) is 75.1 Å². The molecule has 0 unspecified atom stereocenters. The summed E-state index contributed by atoms with van der Waals surface area (Å²) in [6.45, 7) is 0. The van der Waals surface area contributed by atoms with Crippen LogP contribution in [0.3, 0.4) is 0 Å². The number of fused-ring (bicyclic) bond motifs is 3. The van der Waals surface area contributed by atoms with E-state index in [2.05, 4.69) is 17.4 Å². The van der Waals surface area contributed by atoms with Gasteiger partial charge in [0.1, 0.15) is 11.4 Å². The quantitative estimate of drug-likeness (QED) is 0.350. The summed E-state index contributed by atoms with van der Waals surface area (Å²) in [4.78, 5) is 22.6. The molecule has 1 amide bonds. The highest BCUT2D eigenvalue weighted by atomic mass is 16.3. The summed E-state index contributed by atoms with van der Waals surface area (Å²) < 4.78 is 0. The van der Waals surface area contributed by atoms with Gasteiger partial charge in [-0.15, -0.1) is 0 Å². The number of rotatable bonds is 7. The van der Waals surface area contributed by atoms with Crippen LogP contribution in [0.5, 0.6) is 5.75 Å². The Morgan fingerprint density at radius 2 is 1.69 bits per heavy atom. The second-order valence-corrected chi connectivity index (χ2v) is 8.73. The molecule has 0 fully saturated rings. The predicted molar refractivity (Wildman–Crippen MR) is 140 cm³/mol. The fourth-order valence-electron chi connectivity index (χ4n) is 4.38. The lowest BCUT2D eigenvalue weighted by Crippen LogP contribution is -2.17. The molecule has 0 saturated carbocycles. The zero-order chi connectivity index (χ0) is 24.0. The van der Waals surface area contributed by atoms with Crippen molar-refractivity contribution >= 4 is 23.9 Å². The molecule has 5 rings (SSSR count). The molecule has 5 heteroatoms. The van der Waals surface area contributed by atoms with Crippen LogP contribution in [0, 0.1) is 0 Å². The molecule has 0 spiro atoms. The Kier molecular flexibility index (Phi) is 6.66. The zero-order valence-corrected chi connectivity index (χ0v) is 19.4. The number of aryl methyl sites for hydroxylation is 3. The number of amides is 1.